The van der Waals surface area contributed by atoms with E-state index in [-0.39, 0.29) is 18.0 Å². The first-order valence-electron chi connectivity index (χ1n) is 5.66. The van der Waals surface area contributed by atoms with Crippen LogP contribution in [0.4, 0.5) is 0 Å². The number of amides is 1. The maximum Gasteiger partial charge on any atom is 0.218 e. The van der Waals surface area contributed by atoms with Gasteiger partial charge in [-0.2, -0.15) is 0 Å². The maximum atomic E-state index is 11.2. The molecule has 1 amide bonds. The zero-order chi connectivity index (χ0) is 12.4. The first-order chi connectivity index (χ1) is 8.09. The van der Waals surface area contributed by atoms with E-state index in [0.29, 0.717) is 0 Å². The predicted molar refractivity (Wildman–Crippen MR) is 65.2 cm³/mol. The van der Waals surface area contributed by atoms with Crippen molar-refractivity contribution in [1.82, 2.24) is 20.3 Å². The summed E-state index contributed by atoms with van der Waals surface area (Å²) in [4.78, 5) is 11.2. The summed E-state index contributed by atoms with van der Waals surface area (Å²) in [5.74, 6) is 0.173. The highest BCUT2D eigenvalue weighted by Crippen LogP contribution is 2.19. The molecule has 5 nitrogen and oxygen atoms in total. The monoisotopic (exact) mass is 232 g/mol. The molecule has 0 fully saturated rings. The number of benzene rings is 1. The number of carbonyl (C=O) groups is 1. The summed E-state index contributed by atoms with van der Waals surface area (Å²) in [5, 5.41) is 11.1. The molecule has 1 aromatic heterocycles. The van der Waals surface area contributed by atoms with Gasteiger partial charge in [-0.1, -0.05) is 31.2 Å². The van der Waals surface area contributed by atoms with Crippen LogP contribution in [-0.2, 0) is 4.79 Å². The van der Waals surface area contributed by atoms with E-state index in [1.165, 1.54) is 6.92 Å². The fourth-order valence-electron chi connectivity index (χ4n) is 1.81. The van der Waals surface area contributed by atoms with E-state index in [2.05, 4.69) is 15.6 Å². The predicted octanol–water partition coefficient (Wildman–Crippen LogP) is 1.72. The summed E-state index contributed by atoms with van der Waals surface area (Å²) in [7, 11) is 0. The fourth-order valence-corrected chi connectivity index (χ4v) is 1.81. The molecular formula is C12H16N4O. The Morgan fingerprint density at radius 2 is 2.06 bits per heavy atom. The minimum atomic E-state index is -0.167. The molecule has 17 heavy (non-hydrogen) atoms. The van der Waals surface area contributed by atoms with Gasteiger partial charge >= 0.3 is 0 Å². The Kier molecular flexibility index (Phi) is 3.08. The van der Waals surface area contributed by atoms with Crippen LogP contribution in [0.3, 0.4) is 0 Å². The Morgan fingerprint density at radius 1 is 1.35 bits per heavy atom. The molecule has 1 atom stereocenters. The van der Waals surface area contributed by atoms with Gasteiger partial charge in [0.15, 0.2) is 0 Å². The van der Waals surface area contributed by atoms with E-state index < -0.39 is 0 Å². The van der Waals surface area contributed by atoms with Gasteiger partial charge in [0.1, 0.15) is 11.7 Å². The molecule has 90 valence electrons. The molecule has 1 heterocycles. The van der Waals surface area contributed by atoms with Crippen LogP contribution in [0, 0.1) is 5.92 Å². The molecule has 0 spiro atoms. The molecule has 2 rings (SSSR count). The summed E-state index contributed by atoms with van der Waals surface area (Å²) in [6.07, 6.45) is -0.167. The largest absolute Gasteiger partial charge is 0.334 e. The summed E-state index contributed by atoms with van der Waals surface area (Å²) in [6.45, 7) is 5.59. The van der Waals surface area contributed by atoms with Crippen molar-refractivity contribution >= 4 is 16.9 Å². The van der Waals surface area contributed by atoms with Gasteiger partial charge in [-0.3, -0.25) is 4.79 Å². The van der Waals surface area contributed by atoms with Crippen LogP contribution in [0.1, 0.15) is 26.9 Å². The quantitative estimate of drug-likeness (QED) is 0.876. The van der Waals surface area contributed by atoms with Crippen molar-refractivity contribution < 1.29 is 4.79 Å². The van der Waals surface area contributed by atoms with E-state index in [4.69, 9.17) is 0 Å². The van der Waals surface area contributed by atoms with Gasteiger partial charge in [0.2, 0.25) is 5.91 Å². The minimum Gasteiger partial charge on any atom is -0.334 e. The highest BCUT2D eigenvalue weighted by Gasteiger charge is 2.19. The maximum absolute atomic E-state index is 11.2. The fraction of sp³-hybridized carbons (Fsp3) is 0.417. The van der Waals surface area contributed by atoms with Crippen molar-refractivity contribution in [3.63, 3.8) is 0 Å². The van der Waals surface area contributed by atoms with Crippen molar-refractivity contribution in [3.8, 4) is 0 Å². The molecular weight excluding hydrogens is 216 g/mol. The number of hydrogen-bond acceptors (Lipinski definition) is 3. The van der Waals surface area contributed by atoms with Crippen LogP contribution in [0.25, 0.3) is 11.0 Å². The normalized spacial score (nSPS) is 12.9. The van der Waals surface area contributed by atoms with E-state index in [9.17, 15) is 4.79 Å². The van der Waals surface area contributed by atoms with Crippen LogP contribution < -0.4 is 5.32 Å². The minimum absolute atomic E-state index is 0.0664. The molecule has 1 aromatic carbocycles. The third-order valence-electron chi connectivity index (χ3n) is 2.62. The standard InChI is InChI=1S/C12H16N4O/c1-8(2)12(13-9(3)17)16-11-7-5-4-6-10(11)14-15-16/h4-8,12H,1-3H3,(H,13,17). The van der Waals surface area contributed by atoms with Crippen LogP contribution in [0.5, 0.6) is 0 Å². The van der Waals surface area contributed by atoms with Gasteiger partial charge < -0.3 is 5.32 Å². The van der Waals surface area contributed by atoms with Gasteiger partial charge in [0, 0.05) is 6.92 Å². The van der Waals surface area contributed by atoms with Gasteiger partial charge in [-0.15, -0.1) is 5.10 Å². The van der Waals surface area contributed by atoms with E-state index in [1.807, 2.05) is 38.1 Å². The second-order valence-electron chi connectivity index (χ2n) is 4.41. The summed E-state index contributed by atoms with van der Waals surface area (Å²) >= 11 is 0. The SMILES string of the molecule is CC(=O)NC(C(C)C)n1nnc2ccccc21. The van der Waals surface area contributed by atoms with E-state index in [0.717, 1.165) is 11.0 Å². The molecule has 0 radical (unpaired) electrons. The van der Waals surface area contributed by atoms with Crippen molar-refractivity contribution in [3.05, 3.63) is 24.3 Å². The molecule has 0 aliphatic carbocycles. The van der Waals surface area contributed by atoms with Crippen LogP contribution in [0.15, 0.2) is 24.3 Å². The highest BCUT2D eigenvalue weighted by atomic mass is 16.1. The summed E-state index contributed by atoms with van der Waals surface area (Å²) < 4.78 is 1.77. The van der Waals surface area contributed by atoms with Crippen molar-refractivity contribution in [2.24, 2.45) is 5.92 Å². The van der Waals surface area contributed by atoms with Gasteiger partial charge in [-0.05, 0) is 18.1 Å². The molecule has 5 heteroatoms. The van der Waals surface area contributed by atoms with Crippen molar-refractivity contribution in [1.29, 1.82) is 0 Å². The third kappa shape index (κ3) is 2.27. The van der Waals surface area contributed by atoms with Crippen molar-refractivity contribution in [2.45, 2.75) is 26.9 Å². The first-order valence-corrected chi connectivity index (χ1v) is 5.66. The number of nitrogens with zero attached hydrogens (tertiary/aromatic N) is 3. The average Bonchev–Trinajstić information content (AvgIpc) is 2.69. The topological polar surface area (TPSA) is 59.8 Å². The van der Waals surface area contributed by atoms with Gasteiger partial charge in [-0.25, -0.2) is 4.68 Å². The number of carbonyl (C=O) groups excluding carboxylic acids is 1. The third-order valence-corrected chi connectivity index (χ3v) is 2.62. The lowest BCUT2D eigenvalue weighted by Gasteiger charge is -2.22. The van der Waals surface area contributed by atoms with E-state index >= 15 is 0 Å². The lowest BCUT2D eigenvalue weighted by Crippen LogP contribution is -2.34. The Hall–Kier alpha value is -1.91. The number of rotatable bonds is 3. The summed E-state index contributed by atoms with van der Waals surface area (Å²) in [5.41, 5.74) is 1.77. The first kappa shape index (κ1) is 11.6. The van der Waals surface area contributed by atoms with E-state index in [1.54, 1.807) is 4.68 Å². The smallest absolute Gasteiger partial charge is 0.218 e. The Bertz CT molecular complexity index is 532. The highest BCUT2D eigenvalue weighted by molar-refractivity contribution is 5.75. The molecule has 0 saturated carbocycles. The molecule has 0 bridgehead atoms. The molecule has 1 N–H and O–H groups in total. The number of fused-ring (bicyclic) bond motifs is 1. The molecule has 2 aromatic rings. The van der Waals surface area contributed by atoms with Crippen LogP contribution in [-0.4, -0.2) is 20.9 Å². The second-order valence-corrected chi connectivity index (χ2v) is 4.41. The molecule has 0 aliphatic rings. The second kappa shape index (κ2) is 4.53. The molecule has 0 aliphatic heterocycles. The Labute approximate surface area is 99.8 Å². The zero-order valence-electron chi connectivity index (χ0n) is 10.2. The Morgan fingerprint density at radius 3 is 2.71 bits per heavy atom. The molecule has 1 unspecified atom stereocenters. The number of aromatic nitrogens is 3. The van der Waals surface area contributed by atoms with Crippen LogP contribution in [0.2, 0.25) is 0 Å². The number of nitrogens with one attached hydrogen (secondary N) is 1. The van der Waals surface area contributed by atoms with Crippen LogP contribution >= 0.6 is 0 Å². The Balaban J connectivity index is 2.45. The van der Waals surface area contributed by atoms with Gasteiger partial charge in [0.05, 0.1) is 5.52 Å². The lowest BCUT2D eigenvalue weighted by atomic mass is 10.1. The number of para-hydroxylation sites is 1. The van der Waals surface area contributed by atoms with Crippen molar-refractivity contribution in [2.75, 3.05) is 0 Å². The summed E-state index contributed by atoms with van der Waals surface area (Å²) in [6, 6.07) is 7.72. The molecule has 0 saturated heterocycles. The zero-order valence-corrected chi connectivity index (χ0v) is 10.2. The average molecular weight is 232 g/mol. The van der Waals surface area contributed by atoms with Gasteiger partial charge in [0.25, 0.3) is 0 Å². The number of hydrogen-bond donors (Lipinski definition) is 1. The lowest BCUT2D eigenvalue weighted by molar-refractivity contribution is -0.120.